The lowest BCUT2D eigenvalue weighted by atomic mass is 10.1. The molecule has 1 N–H and O–H groups in total. The Labute approximate surface area is 120 Å². The van der Waals surface area contributed by atoms with Crippen LogP contribution >= 0.6 is 0 Å². The monoisotopic (exact) mass is 295 g/mol. The van der Waals surface area contributed by atoms with E-state index in [1.165, 1.54) is 31.9 Å². The number of benzene rings is 1. The van der Waals surface area contributed by atoms with E-state index in [4.69, 9.17) is 0 Å². The van der Waals surface area contributed by atoms with Gasteiger partial charge in [0, 0.05) is 11.6 Å². The number of sulfonamides is 1. The van der Waals surface area contributed by atoms with Gasteiger partial charge in [-0.15, -0.1) is 0 Å². The SMILES string of the molecule is CCC(CC1CC1)NS(=O)(=O)c1ccc(C(C)=O)cc1. The first kappa shape index (κ1) is 15.2. The molecule has 0 spiro atoms. The molecule has 2 rings (SSSR count). The normalized spacial score (nSPS) is 16.9. The molecule has 0 heterocycles. The Hall–Kier alpha value is -1.20. The predicted molar refractivity (Wildman–Crippen MR) is 78.2 cm³/mol. The Morgan fingerprint density at radius 3 is 2.35 bits per heavy atom. The number of hydrogen-bond donors (Lipinski definition) is 1. The molecule has 0 aliphatic heterocycles. The summed E-state index contributed by atoms with van der Waals surface area (Å²) in [6.45, 7) is 3.46. The third-order valence-corrected chi connectivity index (χ3v) is 5.24. The van der Waals surface area contributed by atoms with Crippen LogP contribution in [0, 0.1) is 5.92 Å². The lowest BCUT2D eigenvalue weighted by Crippen LogP contribution is -2.34. The van der Waals surface area contributed by atoms with Crippen molar-refractivity contribution in [1.82, 2.24) is 4.72 Å². The van der Waals surface area contributed by atoms with E-state index in [9.17, 15) is 13.2 Å². The van der Waals surface area contributed by atoms with Crippen molar-refractivity contribution < 1.29 is 13.2 Å². The maximum Gasteiger partial charge on any atom is 0.240 e. The molecule has 1 aromatic carbocycles. The van der Waals surface area contributed by atoms with Gasteiger partial charge in [-0.05, 0) is 37.8 Å². The van der Waals surface area contributed by atoms with Crippen LogP contribution in [0.3, 0.4) is 0 Å². The number of nitrogens with one attached hydrogen (secondary N) is 1. The van der Waals surface area contributed by atoms with Gasteiger partial charge in [0.05, 0.1) is 4.90 Å². The van der Waals surface area contributed by atoms with Gasteiger partial charge < -0.3 is 0 Å². The molecule has 20 heavy (non-hydrogen) atoms. The zero-order valence-corrected chi connectivity index (χ0v) is 12.7. The molecule has 0 bridgehead atoms. The van der Waals surface area contributed by atoms with Crippen LogP contribution in [0.2, 0.25) is 0 Å². The van der Waals surface area contributed by atoms with Gasteiger partial charge in [0.2, 0.25) is 10.0 Å². The first-order chi connectivity index (χ1) is 9.42. The lowest BCUT2D eigenvalue weighted by Gasteiger charge is -2.16. The molecule has 1 atom stereocenters. The summed E-state index contributed by atoms with van der Waals surface area (Å²) in [5.41, 5.74) is 0.522. The fraction of sp³-hybridized carbons (Fsp3) is 0.533. The van der Waals surface area contributed by atoms with Crippen molar-refractivity contribution in [3.05, 3.63) is 29.8 Å². The first-order valence-electron chi connectivity index (χ1n) is 7.05. The lowest BCUT2D eigenvalue weighted by molar-refractivity contribution is 0.101. The fourth-order valence-corrected chi connectivity index (χ4v) is 3.54. The third-order valence-electron chi connectivity index (χ3n) is 3.70. The van der Waals surface area contributed by atoms with Crippen LogP contribution in [0.5, 0.6) is 0 Å². The van der Waals surface area contributed by atoms with Crippen molar-refractivity contribution in [3.8, 4) is 0 Å². The Kier molecular flexibility index (Phi) is 4.60. The standard InChI is InChI=1S/C15H21NO3S/c1-3-14(10-12-4-5-12)16-20(18,19)15-8-6-13(7-9-15)11(2)17/h6-9,12,14,16H,3-5,10H2,1-2H3. The van der Waals surface area contributed by atoms with Crippen molar-refractivity contribution in [1.29, 1.82) is 0 Å². The predicted octanol–water partition coefficient (Wildman–Crippen LogP) is 2.75. The molecule has 110 valence electrons. The van der Waals surface area contributed by atoms with Crippen LogP contribution in [-0.2, 0) is 10.0 Å². The molecular weight excluding hydrogens is 274 g/mol. The van der Waals surface area contributed by atoms with Gasteiger partial charge in [0.15, 0.2) is 5.78 Å². The highest BCUT2D eigenvalue weighted by Crippen LogP contribution is 2.34. The number of Topliss-reactive ketones (excluding diaryl/α,β-unsaturated/α-hetero) is 1. The number of ketones is 1. The summed E-state index contributed by atoms with van der Waals surface area (Å²) < 4.78 is 27.3. The second kappa shape index (κ2) is 6.06. The summed E-state index contributed by atoms with van der Waals surface area (Å²) in [5.74, 6) is 0.616. The molecule has 1 fully saturated rings. The van der Waals surface area contributed by atoms with Crippen LogP contribution in [0.25, 0.3) is 0 Å². The molecule has 1 saturated carbocycles. The maximum atomic E-state index is 12.3. The van der Waals surface area contributed by atoms with Crippen molar-refractivity contribution >= 4 is 15.8 Å². The smallest absolute Gasteiger partial charge is 0.240 e. The zero-order chi connectivity index (χ0) is 14.8. The van der Waals surface area contributed by atoms with Crippen LogP contribution in [-0.4, -0.2) is 20.2 Å². The van der Waals surface area contributed by atoms with Gasteiger partial charge in [-0.2, -0.15) is 0 Å². The summed E-state index contributed by atoms with van der Waals surface area (Å²) >= 11 is 0. The van der Waals surface area contributed by atoms with Crippen molar-refractivity contribution in [2.45, 2.75) is 50.5 Å². The number of rotatable bonds is 7. The van der Waals surface area contributed by atoms with Crippen LogP contribution in [0.15, 0.2) is 29.2 Å². The largest absolute Gasteiger partial charge is 0.295 e. The molecule has 5 heteroatoms. The highest BCUT2D eigenvalue weighted by molar-refractivity contribution is 7.89. The second-order valence-corrected chi connectivity index (χ2v) is 7.20. The van der Waals surface area contributed by atoms with E-state index in [0.717, 1.165) is 12.8 Å². The number of carbonyl (C=O) groups is 1. The van der Waals surface area contributed by atoms with Gasteiger partial charge in [0.1, 0.15) is 0 Å². The van der Waals surface area contributed by atoms with E-state index in [1.807, 2.05) is 6.92 Å². The van der Waals surface area contributed by atoms with Crippen LogP contribution in [0.1, 0.15) is 49.9 Å². The van der Waals surface area contributed by atoms with Crippen molar-refractivity contribution in [2.75, 3.05) is 0 Å². The molecule has 1 aromatic rings. The fourth-order valence-electron chi connectivity index (χ4n) is 2.21. The van der Waals surface area contributed by atoms with E-state index in [-0.39, 0.29) is 16.7 Å². The maximum absolute atomic E-state index is 12.3. The molecule has 0 aromatic heterocycles. The average Bonchev–Trinajstić information content (AvgIpc) is 3.21. The van der Waals surface area contributed by atoms with Gasteiger partial charge in [-0.25, -0.2) is 13.1 Å². The van der Waals surface area contributed by atoms with Crippen LogP contribution in [0.4, 0.5) is 0 Å². The minimum atomic E-state index is -3.49. The summed E-state index contributed by atoms with van der Waals surface area (Å²) in [6, 6.07) is 6.09. The Morgan fingerprint density at radius 1 is 1.30 bits per heavy atom. The highest BCUT2D eigenvalue weighted by Gasteiger charge is 2.27. The highest BCUT2D eigenvalue weighted by atomic mass is 32.2. The van der Waals surface area contributed by atoms with E-state index in [2.05, 4.69) is 4.72 Å². The van der Waals surface area contributed by atoms with Gasteiger partial charge in [-0.1, -0.05) is 31.9 Å². The van der Waals surface area contributed by atoms with Gasteiger partial charge >= 0.3 is 0 Å². The Balaban J connectivity index is 2.09. The van der Waals surface area contributed by atoms with E-state index < -0.39 is 10.0 Å². The topological polar surface area (TPSA) is 63.2 Å². The number of hydrogen-bond acceptors (Lipinski definition) is 3. The van der Waals surface area contributed by atoms with Crippen molar-refractivity contribution in [2.24, 2.45) is 5.92 Å². The van der Waals surface area contributed by atoms with Crippen molar-refractivity contribution in [3.63, 3.8) is 0 Å². The van der Waals surface area contributed by atoms with Gasteiger partial charge in [0.25, 0.3) is 0 Å². The molecule has 1 aliphatic carbocycles. The Bertz CT molecular complexity index is 574. The molecular formula is C15H21NO3S. The molecule has 1 unspecified atom stereocenters. The molecule has 0 amide bonds. The molecule has 0 radical (unpaired) electrons. The van der Waals surface area contributed by atoms with Gasteiger partial charge in [-0.3, -0.25) is 4.79 Å². The van der Waals surface area contributed by atoms with E-state index in [0.29, 0.717) is 11.5 Å². The first-order valence-corrected chi connectivity index (χ1v) is 8.54. The van der Waals surface area contributed by atoms with E-state index in [1.54, 1.807) is 12.1 Å². The number of carbonyl (C=O) groups excluding carboxylic acids is 1. The minimum absolute atomic E-state index is 0.0000152. The minimum Gasteiger partial charge on any atom is -0.295 e. The summed E-state index contributed by atoms with van der Waals surface area (Å²) in [5, 5.41) is 0. The summed E-state index contributed by atoms with van der Waals surface area (Å²) in [6.07, 6.45) is 4.14. The average molecular weight is 295 g/mol. The second-order valence-electron chi connectivity index (χ2n) is 5.49. The summed E-state index contributed by atoms with van der Waals surface area (Å²) in [7, 11) is -3.49. The molecule has 1 aliphatic rings. The zero-order valence-electron chi connectivity index (χ0n) is 11.9. The van der Waals surface area contributed by atoms with Crippen LogP contribution < -0.4 is 4.72 Å². The molecule has 4 nitrogen and oxygen atoms in total. The third kappa shape index (κ3) is 3.90. The summed E-state index contributed by atoms with van der Waals surface area (Å²) in [4.78, 5) is 11.4. The quantitative estimate of drug-likeness (QED) is 0.787. The molecule has 0 saturated heterocycles. The van der Waals surface area contributed by atoms with E-state index >= 15 is 0 Å². The Morgan fingerprint density at radius 2 is 1.90 bits per heavy atom.